The average molecular weight is 354 g/mol. The summed E-state index contributed by atoms with van der Waals surface area (Å²) in [5.74, 6) is 0. The molecule has 2 nitrogen and oxygen atoms in total. The molecule has 0 amide bonds. The summed E-state index contributed by atoms with van der Waals surface area (Å²) >= 11 is 3.08. The molecule has 0 saturated heterocycles. The SMILES string of the molecule is CCC(CC)N(CCO)c1ccc(Br)cc1C(F)(F)F. The van der Waals surface area contributed by atoms with Crippen molar-refractivity contribution >= 4 is 21.6 Å². The Labute approximate surface area is 125 Å². The van der Waals surface area contributed by atoms with E-state index in [2.05, 4.69) is 15.9 Å². The standard InChI is InChI=1S/C14H19BrF3NO/c1-3-11(4-2)19(7-8-20)13-6-5-10(15)9-12(13)14(16,17)18/h5-6,9,11,20H,3-4,7-8H2,1-2H3. The molecular formula is C14H19BrF3NO. The highest BCUT2D eigenvalue weighted by atomic mass is 79.9. The summed E-state index contributed by atoms with van der Waals surface area (Å²) < 4.78 is 40.0. The van der Waals surface area contributed by atoms with Gasteiger partial charge in [-0.1, -0.05) is 29.8 Å². The maximum absolute atomic E-state index is 13.2. The maximum atomic E-state index is 13.2. The van der Waals surface area contributed by atoms with Crippen molar-refractivity contribution in [1.29, 1.82) is 0 Å². The van der Waals surface area contributed by atoms with Crippen LogP contribution in [0.2, 0.25) is 0 Å². The number of hydrogen-bond acceptors (Lipinski definition) is 2. The first kappa shape index (κ1) is 17.3. The molecule has 0 aliphatic heterocycles. The number of alkyl halides is 3. The van der Waals surface area contributed by atoms with Crippen molar-refractivity contribution in [3.63, 3.8) is 0 Å². The summed E-state index contributed by atoms with van der Waals surface area (Å²) in [4.78, 5) is 1.65. The molecule has 0 unspecified atom stereocenters. The van der Waals surface area contributed by atoms with Crippen LogP contribution in [0.15, 0.2) is 22.7 Å². The van der Waals surface area contributed by atoms with Gasteiger partial charge < -0.3 is 10.0 Å². The third-order valence-corrected chi connectivity index (χ3v) is 3.79. The maximum Gasteiger partial charge on any atom is 0.418 e. The van der Waals surface area contributed by atoms with Crippen LogP contribution >= 0.6 is 15.9 Å². The van der Waals surface area contributed by atoms with Crippen LogP contribution in [0.3, 0.4) is 0 Å². The Bertz CT molecular complexity index is 433. The highest BCUT2D eigenvalue weighted by Gasteiger charge is 2.36. The van der Waals surface area contributed by atoms with E-state index in [0.717, 1.165) is 18.9 Å². The van der Waals surface area contributed by atoms with Crippen molar-refractivity contribution in [1.82, 2.24) is 0 Å². The normalized spacial score (nSPS) is 12.0. The van der Waals surface area contributed by atoms with E-state index in [1.54, 1.807) is 11.0 Å². The zero-order valence-corrected chi connectivity index (χ0v) is 13.1. The molecule has 0 aliphatic carbocycles. The van der Waals surface area contributed by atoms with Gasteiger partial charge in [0, 0.05) is 22.7 Å². The lowest BCUT2D eigenvalue weighted by Gasteiger charge is -2.34. The van der Waals surface area contributed by atoms with Crippen molar-refractivity contribution in [3.8, 4) is 0 Å². The van der Waals surface area contributed by atoms with Crippen molar-refractivity contribution in [3.05, 3.63) is 28.2 Å². The Morgan fingerprint density at radius 2 is 1.85 bits per heavy atom. The molecule has 1 rings (SSSR count). The van der Waals surface area contributed by atoms with E-state index in [-0.39, 0.29) is 24.9 Å². The Morgan fingerprint density at radius 3 is 2.30 bits per heavy atom. The summed E-state index contributed by atoms with van der Waals surface area (Å²) in [7, 11) is 0. The second kappa shape index (κ2) is 7.31. The summed E-state index contributed by atoms with van der Waals surface area (Å²) in [6.07, 6.45) is -2.97. The van der Waals surface area contributed by atoms with Crippen LogP contribution in [0, 0.1) is 0 Å². The minimum atomic E-state index is -4.42. The number of benzene rings is 1. The summed E-state index contributed by atoms with van der Waals surface area (Å²) in [6.45, 7) is 3.89. The van der Waals surface area contributed by atoms with Gasteiger partial charge in [-0.2, -0.15) is 13.2 Å². The third-order valence-electron chi connectivity index (χ3n) is 3.30. The molecule has 114 valence electrons. The van der Waals surface area contributed by atoms with E-state index >= 15 is 0 Å². The smallest absolute Gasteiger partial charge is 0.395 e. The Balaban J connectivity index is 3.32. The van der Waals surface area contributed by atoms with E-state index in [0.29, 0.717) is 4.47 Å². The molecular weight excluding hydrogens is 335 g/mol. The van der Waals surface area contributed by atoms with Gasteiger partial charge in [0.15, 0.2) is 0 Å². The predicted octanol–water partition coefficient (Wildman–Crippen LogP) is 4.46. The fourth-order valence-electron chi connectivity index (χ4n) is 2.32. The lowest BCUT2D eigenvalue weighted by Crippen LogP contribution is -2.38. The molecule has 0 aromatic heterocycles. The van der Waals surface area contributed by atoms with Crippen molar-refractivity contribution in [2.75, 3.05) is 18.1 Å². The van der Waals surface area contributed by atoms with Crippen molar-refractivity contribution < 1.29 is 18.3 Å². The molecule has 1 aromatic carbocycles. The van der Waals surface area contributed by atoms with Crippen LogP contribution in [0.4, 0.5) is 18.9 Å². The Hall–Kier alpha value is -0.750. The number of nitrogens with zero attached hydrogens (tertiary/aromatic N) is 1. The topological polar surface area (TPSA) is 23.5 Å². The van der Waals surface area contributed by atoms with Gasteiger partial charge in [-0.05, 0) is 31.0 Å². The van der Waals surface area contributed by atoms with Crippen LogP contribution < -0.4 is 4.90 Å². The molecule has 0 fully saturated rings. The van der Waals surface area contributed by atoms with Gasteiger partial charge in [-0.25, -0.2) is 0 Å². The summed E-state index contributed by atoms with van der Waals surface area (Å²) in [5.41, 5.74) is -0.546. The molecule has 0 spiro atoms. The van der Waals surface area contributed by atoms with Gasteiger partial charge in [0.1, 0.15) is 0 Å². The third kappa shape index (κ3) is 4.12. The number of aliphatic hydroxyl groups excluding tert-OH is 1. The summed E-state index contributed by atoms with van der Waals surface area (Å²) in [5, 5.41) is 9.15. The zero-order chi connectivity index (χ0) is 15.3. The van der Waals surface area contributed by atoms with E-state index in [4.69, 9.17) is 5.11 Å². The van der Waals surface area contributed by atoms with E-state index in [1.807, 2.05) is 13.8 Å². The van der Waals surface area contributed by atoms with Crippen LogP contribution in [0.5, 0.6) is 0 Å². The number of hydrogen-bond donors (Lipinski definition) is 1. The number of anilines is 1. The van der Waals surface area contributed by atoms with Gasteiger partial charge in [-0.3, -0.25) is 0 Å². The Morgan fingerprint density at radius 1 is 1.25 bits per heavy atom. The van der Waals surface area contributed by atoms with Crippen LogP contribution in [-0.2, 0) is 6.18 Å². The van der Waals surface area contributed by atoms with Gasteiger partial charge in [0.2, 0.25) is 0 Å². The first-order valence-corrected chi connectivity index (χ1v) is 7.38. The summed E-state index contributed by atoms with van der Waals surface area (Å²) in [6, 6.07) is 4.12. The van der Waals surface area contributed by atoms with Crippen molar-refractivity contribution in [2.24, 2.45) is 0 Å². The molecule has 0 saturated carbocycles. The number of aliphatic hydroxyl groups is 1. The monoisotopic (exact) mass is 353 g/mol. The first-order chi connectivity index (χ1) is 9.35. The van der Waals surface area contributed by atoms with Crippen molar-refractivity contribution in [2.45, 2.75) is 38.9 Å². The lowest BCUT2D eigenvalue weighted by atomic mass is 10.1. The fourth-order valence-corrected chi connectivity index (χ4v) is 2.68. The van der Waals surface area contributed by atoms with Crippen LogP contribution in [0.1, 0.15) is 32.3 Å². The van der Waals surface area contributed by atoms with E-state index < -0.39 is 11.7 Å². The van der Waals surface area contributed by atoms with E-state index in [9.17, 15) is 13.2 Å². The number of rotatable bonds is 6. The quantitative estimate of drug-likeness (QED) is 0.816. The molecule has 0 bridgehead atoms. The van der Waals surface area contributed by atoms with Gasteiger partial charge in [-0.15, -0.1) is 0 Å². The van der Waals surface area contributed by atoms with E-state index in [1.165, 1.54) is 6.07 Å². The zero-order valence-electron chi connectivity index (χ0n) is 11.5. The average Bonchev–Trinajstić information content (AvgIpc) is 2.38. The largest absolute Gasteiger partial charge is 0.418 e. The van der Waals surface area contributed by atoms with Gasteiger partial charge in [0.05, 0.1) is 12.2 Å². The van der Waals surface area contributed by atoms with Gasteiger partial charge in [0.25, 0.3) is 0 Å². The highest BCUT2D eigenvalue weighted by molar-refractivity contribution is 9.10. The first-order valence-electron chi connectivity index (χ1n) is 6.59. The minimum Gasteiger partial charge on any atom is -0.395 e. The second-order valence-electron chi connectivity index (χ2n) is 4.55. The molecule has 0 heterocycles. The molecule has 20 heavy (non-hydrogen) atoms. The molecule has 1 N–H and O–H groups in total. The molecule has 1 aromatic rings. The lowest BCUT2D eigenvalue weighted by molar-refractivity contribution is -0.137. The number of halogens is 4. The fraction of sp³-hybridized carbons (Fsp3) is 0.571. The molecule has 0 atom stereocenters. The Kier molecular flexibility index (Phi) is 6.33. The van der Waals surface area contributed by atoms with Crippen LogP contribution in [-0.4, -0.2) is 24.3 Å². The molecule has 0 aliphatic rings. The second-order valence-corrected chi connectivity index (χ2v) is 5.46. The molecule has 6 heteroatoms. The molecule has 0 radical (unpaired) electrons. The highest BCUT2D eigenvalue weighted by Crippen LogP contribution is 2.39. The predicted molar refractivity (Wildman–Crippen MR) is 77.9 cm³/mol. The van der Waals surface area contributed by atoms with Crippen LogP contribution in [0.25, 0.3) is 0 Å². The van der Waals surface area contributed by atoms with Gasteiger partial charge >= 0.3 is 6.18 Å². The minimum absolute atomic E-state index is 0.0237.